The number of nitrogens with zero attached hydrogens (tertiary/aromatic N) is 1. The molecule has 1 atom stereocenters. The van der Waals surface area contributed by atoms with Crippen molar-refractivity contribution in [2.75, 3.05) is 19.7 Å². The van der Waals surface area contributed by atoms with E-state index in [1.807, 2.05) is 29.2 Å². The fourth-order valence-corrected chi connectivity index (χ4v) is 2.80. The molecule has 4 nitrogen and oxygen atoms in total. The summed E-state index contributed by atoms with van der Waals surface area (Å²) in [6, 6.07) is 7.98. The van der Waals surface area contributed by atoms with Crippen molar-refractivity contribution in [3.05, 3.63) is 29.8 Å². The van der Waals surface area contributed by atoms with Gasteiger partial charge in [-0.1, -0.05) is 24.6 Å². The Morgan fingerprint density at radius 2 is 2.21 bits per heavy atom. The van der Waals surface area contributed by atoms with Gasteiger partial charge in [0.05, 0.1) is 12.6 Å². The molecular weight excluding hydrogens is 240 g/mol. The van der Waals surface area contributed by atoms with Crippen LogP contribution in [-0.2, 0) is 11.3 Å². The fourth-order valence-electron chi connectivity index (χ4n) is 2.80. The second-order valence-electron chi connectivity index (χ2n) is 5.22. The predicted octanol–water partition coefficient (Wildman–Crippen LogP) is 1.55. The maximum atomic E-state index is 12.5. The van der Waals surface area contributed by atoms with Crippen molar-refractivity contribution in [3.8, 4) is 5.75 Å². The minimum Gasteiger partial charge on any atom is -0.491 e. The number of ether oxygens (including phenoxy) is 1. The van der Waals surface area contributed by atoms with E-state index in [2.05, 4.69) is 5.32 Å². The van der Waals surface area contributed by atoms with Crippen LogP contribution in [0.5, 0.6) is 5.75 Å². The number of carbonyl (C=O) groups excluding carboxylic acids is 1. The number of benzene rings is 1. The summed E-state index contributed by atoms with van der Waals surface area (Å²) in [5, 5.41) is 3.33. The smallest absolute Gasteiger partial charge is 0.240 e. The zero-order valence-corrected chi connectivity index (χ0v) is 11.1. The number of hydrogen-bond donors (Lipinski definition) is 1. The molecule has 1 saturated heterocycles. The van der Waals surface area contributed by atoms with Gasteiger partial charge in [-0.15, -0.1) is 0 Å². The maximum absolute atomic E-state index is 12.5. The van der Waals surface area contributed by atoms with Crippen molar-refractivity contribution in [2.45, 2.75) is 31.8 Å². The average molecular weight is 260 g/mol. The molecule has 2 heterocycles. The second-order valence-corrected chi connectivity index (χ2v) is 5.22. The van der Waals surface area contributed by atoms with Gasteiger partial charge in [0.25, 0.3) is 0 Å². The summed E-state index contributed by atoms with van der Waals surface area (Å²) >= 11 is 0. The highest BCUT2D eigenvalue weighted by Gasteiger charge is 2.27. The van der Waals surface area contributed by atoms with E-state index in [9.17, 15) is 4.79 Å². The van der Waals surface area contributed by atoms with Crippen LogP contribution >= 0.6 is 0 Å². The Hall–Kier alpha value is -1.55. The first-order valence-corrected chi connectivity index (χ1v) is 7.07. The third-order valence-electron chi connectivity index (χ3n) is 3.87. The first-order valence-electron chi connectivity index (χ1n) is 7.07. The second kappa shape index (κ2) is 5.61. The normalized spacial score (nSPS) is 23.2. The minimum absolute atomic E-state index is 0.000915. The van der Waals surface area contributed by atoms with Crippen LogP contribution in [-0.4, -0.2) is 36.5 Å². The molecule has 1 amide bonds. The number of para-hydroxylation sites is 1. The third kappa shape index (κ3) is 2.73. The van der Waals surface area contributed by atoms with Gasteiger partial charge in [-0.3, -0.25) is 4.79 Å². The van der Waals surface area contributed by atoms with Gasteiger partial charge in [0.2, 0.25) is 5.91 Å². The summed E-state index contributed by atoms with van der Waals surface area (Å²) in [6.45, 7) is 2.87. The molecule has 4 heteroatoms. The van der Waals surface area contributed by atoms with Crippen LogP contribution in [0.15, 0.2) is 24.3 Å². The van der Waals surface area contributed by atoms with E-state index >= 15 is 0 Å². The Bertz CT molecular complexity index is 455. The summed E-state index contributed by atoms with van der Waals surface area (Å²) in [7, 11) is 0. The first-order chi connectivity index (χ1) is 9.34. The summed E-state index contributed by atoms with van der Waals surface area (Å²) in [6.07, 6.45) is 3.28. The van der Waals surface area contributed by atoms with Crippen molar-refractivity contribution in [3.63, 3.8) is 0 Å². The van der Waals surface area contributed by atoms with Gasteiger partial charge in [-0.05, 0) is 25.5 Å². The van der Waals surface area contributed by atoms with Crippen LogP contribution in [0.2, 0.25) is 0 Å². The molecule has 0 unspecified atom stereocenters. The van der Waals surface area contributed by atoms with E-state index in [4.69, 9.17) is 4.74 Å². The lowest BCUT2D eigenvalue weighted by molar-refractivity contribution is -0.134. The molecule has 0 bridgehead atoms. The van der Waals surface area contributed by atoms with Crippen LogP contribution in [0.1, 0.15) is 24.8 Å². The number of nitrogens with one attached hydrogen (secondary N) is 1. The number of hydrogen-bond acceptors (Lipinski definition) is 3. The minimum atomic E-state index is -0.000915. The summed E-state index contributed by atoms with van der Waals surface area (Å²) in [5.41, 5.74) is 1.10. The van der Waals surface area contributed by atoms with Gasteiger partial charge in [0, 0.05) is 12.1 Å². The quantitative estimate of drug-likeness (QED) is 0.833. The topological polar surface area (TPSA) is 41.6 Å². The van der Waals surface area contributed by atoms with Gasteiger partial charge in [-0.2, -0.15) is 0 Å². The molecule has 3 rings (SSSR count). The lowest BCUT2D eigenvalue weighted by Crippen LogP contribution is -2.48. The summed E-state index contributed by atoms with van der Waals surface area (Å²) in [5.74, 6) is 1.13. The van der Waals surface area contributed by atoms with Crippen LogP contribution < -0.4 is 10.1 Å². The standard InChI is InChI=1S/C15H20N2O2/c18-15(13-6-3-4-8-16-13)17-9-10-19-14-7-2-1-5-12(14)11-17/h1-2,5,7,13,16H,3-4,6,8-11H2/t13-/m0/s1. The van der Waals surface area contributed by atoms with Crippen molar-refractivity contribution >= 4 is 5.91 Å². The van der Waals surface area contributed by atoms with E-state index in [0.717, 1.165) is 30.7 Å². The summed E-state index contributed by atoms with van der Waals surface area (Å²) < 4.78 is 5.70. The highest BCUT2D eigenvalue weighted by Crippen LogP contribution is 2.23. The van der Waals surface area contributed by atoms with Crippen LogP contribution in [0.3, 0.4) is 0 Å². The van der Waals surface area contributed by atoms with Crippen molar-refractivity contribution in [1.29, 1.82) is 0 Å². The first kappa shape index (κ1) is 12.5. The van der Waals surface area contributed by atoms with Gasteiger partial charge >= 0.3 is 0 Å². The Balaban J connectivity index is 1.73. The fraction of sp³-hybridized carbons (Fsp3) is 0.533. The Labute approximate surface area is 113 Å². The molecule has 0 aliphatic carbocycles. The molecule has 1 aromatic rings. The van der Waals surface area contributed by atoms with Crippen molar-refractivity contribution in [2.24, 2.45) is 0 Å². The van der Waals surface area contributed by atoms with Crippen LogP contribution in [0.4, 0.5) is 0 Å². The molecule has 1 fully saturated rings. The van der Waals surface area contributed by atoms with Gasteiger partial charge < -0.3 is 15.0 Å². The predicted molar refractivity (Wildman–Crippen MR) is 73.0 cm³/mol. The average Bonchev–Trinajstić information content (AvgIpc) is 2.69. The van der Waals surface area contributed by atoms with Crippen LogP contribution in [0.25, 0.3) is 0 Å². The van der Waals surface area contributed by atoms with Gasteiger partial charge in [-0.25, -0.2) is 0 Å². The van der Waals surface area contributed by atoms with E-state index in [1.54, 1.807) is 0 Å². The Morgan fingerprint density at radius 3 is 3.05 bits per heavy atom. The molecule has 0 saturated carbocycles. The largest absolute Gasteiger partial charge is 0.491 e. The molecule has 0 spiro atoms. The Kier molecular flexibility index (Phi) is 3.69. The molecule has 2 aliphatic rings. The maximum Gasteiger partial charge on any atom is 0.240 e. The molecule has 0 aromatic heterocycles. The molecule has 1 N–H and O–H groups in total. The molecule has 2 aliphatic heterocycles. The summed E-state index contributed by atoms with van der Waals surface area (Å²) in [4.78, 5) is 14.4. The van der Waals surface area contributed by atoms with Crippen LogP contribution in [0, 0.1) is 0 Å². The van der Waals surface area contributed by atoms with Gasteiger partial charge in [0.1, 0.15) is 12.4 Å². The third-order valence-corrected chi connectivity index (χ3v) is 3.87. The SMILES string of the molecule is O=C([C@@H]1CCCCN1)N1CCOc2ccccc2C1. The van der Waals surface area contributed by atoms with Crippen molar-refractivity contribution in [1.82, 2.24) is 10.2 Å². The Morgan fingerprint density at radius 1 is 1.32 bits per heavy atom. The van der Waals surface area contributed by atoms with Crippen molar-refractivity contribution < 1.29 is 9.53 Å². The lowest BCUT2D eigenvalue weighted by Gasteiger charge is -2.28. The molecule has 0 radical (unpaired) electrons. The molecule has 1 aromatic carbocycles. The van der Waals surface area contributed by atoms with E-state index < -0.39 is 0 Å². The lowest BCUT2D eigenvalue weighted by atomic mass is 10.0. The monoisotopic (exact) mass is 260 g/mol. The molecule has 102 valence electrons. The zero-order valence-electron chi connectivity index (χ0n) is 11.1. The highest BCUT2D eigenvalue weighted by atomic mass is 16.5. The number of carbonyl (C=O) groups is 1. The number of fused-ring (bicyclic) bond motifs is 1. The molecular formula is C15H20N2O2. The van der Waals surface area contributed by atoms with E-state index in [1.165, 1.54) is 6.42 Å². The van der Waals surface area contributed by atoms with Gasteiger partial charge in [0.15, 0.2) is 0 Å². The van der Waals surface area contributed by atoms with E-state index in [-0.39, 0.29) is 11.9 Å². The highest BCUT2D eigenvalue weighted by molar-refractivity contribution is 5.82. The number of rotatable bonds is 1. The molecule has 19 heavy (non-hydrogen) atoms. The zero-order chi connectivity index (χ0) is 13.1. The number of piperidine rings is 1. The number of amides is 1. The van der Waals surface area contributed by atoms with E-state index in [0.29, 0.717) is 19.7 Å².